The molecule has 2 aromatic rings. The quantitative estimate of drug-likeness (QED) is 0.844. The monoisotopic (exact) mass is 337 g/mol. The van der Waals surface area contributed by atoms with Gasteiger partial charge in [-0.25, -0.2) is 8.42 Å². The number of rotatable bonds is 2. The number of sulfonamides is 1. The summed E-state index contributed by atoms with van der Waals surface area (Å²) in [7, 11) is -3.58. The molecule has 1 heterocycles. The highest BCUT2D eigenvalue weighted by molar-refractivity contribution is 7.89. The third kappa shape index (κ3) is 2.97. The molecule has 0 amide bonds. The maximum Gasteiger partial charge on any atom is 0.243 e. The van der Waals surface area contributed by atoms with E-state index in [1.54, 1.807) is 12.1 Å². The van der Waals surface area contributed by atoms with Gasteiger partial charge in [-0.15, -0.1) is 0 Å². The van der Waals surface area contributed by atoms with Crippen LogP contribution in [0.4, 0.5) is 0 Å². The largest absolute Gasteiger partial charge is 0.489 e. The number of nitrogens with zero attached hydrogens (tertiary/aromatic N) is 1. The van der Waals surface area contributed by atoms with Gasteiger partial charge in [0.05, 0.1) is 11.4 Å². The number of ether oxygens (including phenoxy) is 1. The van der Waals surface area contributed by atoms with Crippen molar-refractivity contribution in [2.45, 2.75) is 24.5 Å². The van der Waals surface area contributed by atoms with Gasteiger partial charge in [0.2, 0.25) is 10.0 Å². The van der Waals surface area contributed by atoms with Crippen LogP contribution in [0.15, 0.2) is 53.4 Å². The van der Waals surface area contributed by atoms with E-state index in [0.29, 0.717) is 18.1 Å². The molecule has 0 fully saturated rings. The van der Waals surface area contributed by atoms with E-state index in [4.69, 9.17) is 16.3 Å². The van der Waals surface area contributed by atoms with Crippen LogP contribution in [-0.2, 0) is 16.6 Å². The number of fused-ring (bicyclic) bond motifs is 1. The number of hydrogen-bond acceptors (Lipinski definition) is 3. The van der Waals surface area contributed by atoms with E-state index in [1.165, 1.54) is 16.4 Å². The van der Waals surface area contributed by atoms with Crippen molar-refractivity contribution < 1.29 is 13.2 Å². The average Bonchev–Trinajstić information content (AvgIpc) is 2.66. The second kappa shape index (κ2) is 5.91. The van der Waals surface area contributed by atoms with Crippen LogP contribution in [0.25, 0.3) is 0 Å². The second-order valence-corrected chi connectivity index (χ2v) is 7.66. The molecule has 0 aliphatic carbocycles. The van der Waals surface area contributed by atoms with Crippen molar-refractivity contribution in [1.29, 1.82) is 0 Å². The Morgan fingerprint density at radius 1 is 1.14 bits per heavy atom. The molecule has 6 heteroatoms. The maximum atomic E-state index is 12.8. The van der Waals surface area contributed by atoms with Crippen molar-refractivity contribution in [3.63, 3.8) is 0 Å². The van der Waals surface area contributed by atoms with Crippen LogP contribution in [0.5, 0.6) is 5.75 Å². The van der Waals surface area contributed by atoms with Crippen molar-refractivity contribution in [1.82, 2.24) is 4.31 Å². The summed E-state index contributed by atoms with van der Waals surface area (Å²) < 4.78 is 32.9. The van der Waals surface area contributed by atoms with Gasteiger partial charge in [0.15, 0.2) is 0 Å². The first-order valence-corrected chi connectivity index (χ1v) is 8.79. The van der Waals surface area contributed by atoms with Gasteiger partial charge in [-0.1, -0.05) is 29.8 Å². The van der Waals surface area contributed by atoms with Crippen LogP contribution in [-0.4, -0.2) is 25.4 Å². The Labute approximate surface area is 135 Å². The summed E-state index contributed by atoms with van der Waals surface area (Å²) in [5.41, 5.74) is 0.865. The molecule has 1 aliphatic rings. The van der Waals surface area contributed by atoms with Crippen LogP contribution in [0, 0.1) is 0 Å². The molecule has 0 saturated heterocycles. The van der Waals surface area contributed by atoms with E-state index < -0.39 is 10.0 Å². The summed E-state index contributed by atoms with van der Waals surface area (Å²) in [4.78, 5) is 0.239. The van der Waals surface area contributed by atoms with Crippen molar-refractivity contribution in [3.8, 4) is 5.75 Å². The average molecular weight is 338 g/mol. The van der Waals surface area contributed by atoms with E-state index in [0.717, 1.165) is 11.3 Å². The van der Waals surface area contributed by atoms with Crippen LogP contribution in [0.2, 0.25) is 5.02 Å². The molecule has 0 saturated carbocycles. The molecule has 1 unspecified atom stereocenters. The fraction of sp³-hybridized carbons (Fsp3) is 0.250. The third-order valence-electron chi connectivity index (χ3n) is 3.56. The molecule has 1 aliphatic heterocycles. The highest BCUT2D eigenvalue weighted by Crippen LogP contribution is 2.28. The lowest BCUT2D eigenvalue weighted by Crippen LogP contribution is -2.36. The molecule has 0 bridgehead atoms. The van der Waals surface area contributed by atoms with Gasteiger partial charge in [0.25, 0.3) is 0 Å². The summed E-state index contributed by atoms with van der Waals surface area (Å²) >= 11 is 5.84. The Balaban J connectivity index is 1.98. The van der Waals surface area contributed by atoms with E-state index in [-0.39, 0.29) is 11.0 Å². The van der Waals surface area contributed by atoms with Crippen molar-refractivity contribution in [2.75, 3.05) is 6.54 Å². The molecule has 2 aromatic carbocycles. The fourth-order valence-corrected chi connectivity index (χ4v) is 4.10. The Kier molecular flexibility index (Phi) is 4.12. The van der Waals surface area contributed by atoms with Crippen LogP contribution in [0.1, 0.15) is 12.5 Å². The molecule has 22 heavy (non-hydrogen) atoms. The minimum absolute atomic E-state index is 0.217. The smallest absolute Gasteiger partial charge is 0.243 e. The van der Waals surface area contributed by atoms with Gasteiger partial charge >= 0.3 is 0 Å². The van der Waals surface area contributed by atoms with E-state index in [9.17, 15) is 8.42 Å². The fourth-order valence-electron chi connectivity index (χ4n) is 2.48. The van der Waals surface area contributed by atoms with E-state index in [1.807, 2.05) is 31.2 Å². The number of halogens is 1. The summed E-state index contributed by atoms with van der Waals surface area (Å²) in [5.74, 6) is 0.740. The summed E-state index contributed by atoms with van der Waals surface area (Å²) in [6.45, 7) is 2.47. The van der Waals surface area contributed by atoms with Gasteiger partial charge in [-0.2, -0.15) is 4.31 Å². The van der Waals surface area contributed by atoms with Gasteiger partial charge in [0.1, 0.15) is 11.9 Å². The topological polar surface area (TPSA) is 46.6 Å². The lowest BCUT2D eigenvalue weighted by Gasteiger charge is -2.21. The van der Waals surface area contributed by atoms with Crippen LogP contribution >= 0.6 is 11.6 Å². The third-order valence-corrected chi connectivity index (χ3v) is 5.64. The van der Waals surface area contributed by atoms with Gasteiger partial charge in [-0.3, -0.25) is 0 Å². The highest BCUT2D eigenvalue weighted by Gasteiger charge is 2.30. The minimum atomic E-state index is -3.58. The molecule has 0 spiro atoms. The molecule has 0 aromatic heterocycles. The second-order valence-electron chi connectivity index (χ2n) is 5.29. The lowest BCUT2D eigenvalue weighted by atomic mass is 10.2. The Morgan fingerprint density at radius 3 is 2.55 bits per heavy atom. The first kappa shape index (κ1) is 15.3. The predicted molar refractivity (Wildman–Crippen MR) is 85.6 cm³/mol. The zero-order valence-electron chi connectivity index (χ0n) is 12.1. The number of benzene rings is 2. The SMILES string of the molecule is CC1CN(S(=O)(=O)c2ccc(Cl)cc2)Cc2ccccc2O1. The van der Waals surface area contributed by atoms with Crippen molar-refractivity contribution >= 4 is 21.6 Å². The van der Waals surface area contributed by atoms with Crippen LogP contribution in [0.3, 0.4) is 0 Å². The van der Waals surface area contributed by atoms with Crippen LogP contribution < -0.4 is 4.74 Å². The summed E-state index contributed by atoms with van der Waals surface area (Å²) in [6, 6.07) is 13.7. The molecular weight excluding hydrogens is 322 g/mol. The first-order chi connectivity index (χ1) is 10.5. The first-order valence-electron chi connectivity index (χ1n) is 6.97. The van der Waals surface area contributed by atoms with Gasteiger partial charge in [0, 0.05) is 17.1 Å². The Hall–Kier alpha value is -1.56. The maximum absolute atomic E-state index is 12.8. The highest BCUT2D eigenvalue weighted by atomic mass is 35.5. The molecule has 1 atom stereocenters. The van der Waals surface area contributed by atoms with Gasteiger partial charge < -0.3 is 4.74 Å². The zero-order valence-corrected chi connectivity index (χ0v) is 13.6. The Bertz CT molecular complexity index is 774. The van der Waals surface area contributed by atoms with E-state index >= 15 is 0 Å². The standard InChI is InChI=1S/C16H16ClNO3S/c1-12-10-18(11-13-4-2-3-5-16(13)21-12)22(19,20)15-8-6-14(17)7-9-15/h2-9,12H,10-11H2,1H3. The lowest BCUT2D eigenvalue weighted by molar-refractivity contribution is 0.201. The number of para-hydroxylation sites is 1. The molecule has 116 valence electrons. The Morgan fingerprint density at radius 2 is 1.82 bits per heavy atom. The van der Waals surface area contributed by atoms with Crippen molar-refractivity contribution in [2.24, 2.45) is 0 Å². The molecule has 0 radical (unpaired) electrons. The molecule has 3 rings (SSSR count). The minimum Gasteiger partial charge on any atom is -0.489 e. The summed E-state index contributed by atoms with van der Waals surface area (Å²) in [6.07, 6.45) is -0.217. The van der Waals surface area contributed by atoms with E-state index in [2.05, 4.69) is 0 Å². The number of hydrogen-bond donors (Lipinski definition) is 0. The molecular formula is C16H16ClNO3S. The molecule has 0 N–H and O–H groups in total. The van der Waals surface area contributed by atoms with Gasteiger partial charge in [-0.05, 0) is 37.3 Å². The molecule has 4 nitrogen and oxygen atoms in total. The summed E-state index contributed by atoms with van der Waals surface area (Å²) in [5, 5.41) is 0.511. The predicted octanol–water partition coefficient (Wildman–Crippen LogP) is 3.31. The zero-order chi connectivity index (χ0) is 15.7. The normalized spacial score (nSPS) is 19.1. The van der Waals surface area contributed by atoms with Crippen molar-refractivity contribution in [3.05, 3.63) is 59.1 Å².